The number of hydrogen-bond donors (Lipinski definition) is 0. The standard InChI is InChI=1S/C7H10N2O/c1-7(2)5-9-6(10-7)3-4-8-9/h3-4H,5H2,1-2H3. The van der Waals surface area contributed by atoms with Crippen LogP contribution in [0.4, 0.5) is 0 Å². The first-order valence-corrected chi connectivity index (χ1v) is 3.38. The molecular formula is C7H10N2O. The van der Waals surface area contributed by atoms with Crippen LogP contribution in [0.5, 0.6) is 5.88 Å². The zero-order chi connectivity index (χ0) is 7.19. The van der Waals surface area contributed by atoms with Crippen LogP contribution in [0.1, 0.15) is 13.8 Å². The Bertz CT molecular complexity index is 229. The molecule has 0 spiro atoms. The topological polar surface area (TPSA) is 27.1 Å². The third-order valence-corrected chi connectivity index (χ3v) is 1.59. The molecule has 0 aliphatic carbocycles. The summed E-state index contributed by atoms with van der Waals surface area (Å²) in [5.74, 6) is 0.880. The maximum absolute atomic E-state index is 5.53. The Hall–Kier alpha value is -0.990. The molecular weight excluding hydrogens is 128 g/mol. The molecule has 10 heavy (non-hydrogen) atoms. The molecule has 0 radical (unpaired) electrons. The number of aromatic nitrogens is 2. The SMILES string of the molecule is CC1(C)Cn2nccc2O1. The highest BCUT2D eigenvalue weighted by molar-refractivity contribution is 5.13. The summed E-state index contributed by atoms with van der Waals surface area (Å²) in [4.78, 5) is 0. The van der Waals surface area contributed by atoms with E-state index in [0.29, 0.717) is 0 Å². The molecule has 1 aliphatic rings. The third-order valence-electron chi connectivity index (χ3n) is 1.59. The van der Waals surface area contributed by atoms with Crippen molar-refractivity contribution in [2.24, 2.45) is 0 Å². The second-order valence-electron chi connectivity index (χ2n) is 3.19. The molecule has 0 unspecified atom stereocenters. The second kappa shape index (κ2) is 1.54. The van der Waals surface area contributed by atoms with Crippen LogP contribution in [-0.4, -0.2) is 15.4 Å². The van der Waals surface area contributed by atoms with Gasteiger partial charge in [-0.2, -0.15) is 5.10 Å². The maximum Gasteiger partial charge on any atom is 0.212 e. The molecule has 0 saturated carbocycles. The van der Waals surface area contributed by atoms with Crippen molar-refractivity contribution in [1.29, 1.82) is 0 Å². The molecule has 0 aromatic carbocycles. The van der Waals surface area contributed by atoms with Crippen LogP contribution in [0.3, 0.4) is 0 Å². The summed E-state index contributed by atoms with van der Waals surface area (Å²) in [5, 5.41) is 4.08. The zero-order valence-electron chi connectivity index (χ0n) is 6.16. The Morgan fingerprint density at radius 3 is 3.20 bits per heavy atom. The lowest BCUT2D eigenvalue weighted by atomic mass is 10.1. The first-order valence-electron chi connectivity index (χ1n) is 3.38. The summed E-state index contributed by atoms with van der Waals surface area (Å²) in [6, 6.07) is 1.88. The van der Waals surface area contributed by atoms with Gasteiger partial charge in [0.25, 0.3) is 0 Å². The Morgan fingerprint density at radius 1 is 1.70 bits per heavy atom. The molecule has 2 rings (SSSR count). The second-order valence-corrected chi connectivity index (χ2v) is 3.19. The predicted octanol–water partition coefficient (Wildman–Crippen LogP) is 1.05. The highest BCUT2D eigenvalue weighted by atomic mass is 16.5. The van der Waals surface area contributed by atoms with Gasteiger partial charge in [0.05, 0.1) is 12.7 Å². The van der Waals surface area contributed by atoms with E-state index in [4.69, 9.17) is 4.74 Å². The minimum Gasteiger partial charge on any atom is -0.470 e. The van der Waals surface area contributed by atoms with E-state index in [0.717, 1.165) is 12.4 Å². The lowest BCUT2D eigenvalue weighted by molar-refractivity contribution is 0.135. The van der Waals surface area contributed by atoms with Gasteiger partial charge in [-0.3, -0.25) is 0 Å². The molecule has 0 amide bonds. The quantitative estimate of drug-likeness (QED) is 0.536. The Morgan fingerprint density at radius 2 is 2.50 bits per heavy atom. The fraction of sp³-hybridized carbons (Fsp3) is 0.571. The van der Waals surface area contributed by atoms with Crippen LogP contribution < -0.4 is 4.74 Å². The van der Waals surface area contributed by atoms with Crippen LogP contribution in [0.15, 0.2) is 12.3 Å². The van der Waals surface area contributed by atoms with Gasteiger partial charge in [-0.1, -0.05) is 0 Å². The van der Waals surface area contributed by atoms with Crippen LogP contribution in [0.2, 0.25) is 0 Å². The summed E-state index contributed by atoms with van der Waals surface area (Å²) in [6.45, 7) is 4.97. The Balaban J connectivity index is 2.37. The first-order chi connectivity index (χ1) is 4.67. The molecule has 3 nitrogen and oxygen atoms in total. The molecule has 1 aromatic heterocycles. The highest BCUT2D eigenvalue weighted by Gasteiger charge is 2.29. The van der Waals surface area contributed by atoms with Crippen molar-refractivity contribution in [3.05, 3.63) is 12.3 Å². The Kier molecular flexibility index (Phi) is 0.886. The molecule has 2 heterocycles. The fourth-order valence-corrected chi connectivity index (χ4v) is 1.20. The monoisotopic (exact) mass is 138 g/mol. The predicted molar refractivity (Wildman–Crippen MR) is 36.9 cm³/mol. The summed E-state index contributed by atoms with van der Waals surface area (Å²) >= 11 is 0. The average molecular weight is 138 g/mol. The zero-order valence-corrected chi connectivity index (χ0v) is 6.16. The van der Waals surface area contributed by atoms with Gasteiger partial charge in [-0.25, -0.2) is 4.68 Å². The number of rotatable bonds is 0. The minimum absolute atomic E-state index is 0.0659. The number of nitrogens with zero attached hydrogens (tertiary/aromatic N) is 2. The summed E-state index contributed by atoms with van der Waals surface area (Å²) in [6.07, 6.45) is 1.75. The molecule has 1 aliphatic heterocycles. The number of fused-ring (bicyclic) bond motifs is 1. The van der Waals surface area contributed by atoms with Crippen molar-refractivity contribution in [1.82, 2.24) is 9.78 Å². The van der Waals surface area contributed by atoms with E-state index >= 15 is 0 Å². The summed E-state index contributed by atoms with van der Waals surface area (Å²) in [5.41, 5.74) is -0.0659. The van der Waals surface area contributed by atoms with Gasteiger partial charge in [0.2, 0.25) is 5.88 Å². The van der Waals surface area contributed by atoms with Crippen molar-refractivity contribution < 1.29 is 4.74 Å². The Labute approximate surface area is 59.6 Å². The lowest BCUT2D eigenvalue weighted by Crippen LogP contribution is -2.26. The van der Waals surface area contributed by atoms with E-state index in [-0.39, 0.29) is 5.60 Å². The molecule has 54 valence electrons. The van der Waals surface area contributed by atoms with Gasteiger partial charge in [0.15, 0.2) is 0 Å². The van der Waals surface area contributed by atoms with Crippen LogP contribution in [-0.2, 0) is 6.54 Å². The van der Waals surface area contributed by atoms with Crippen molar-refractivity contribution in [3.8, 4) is 5.88 Å². The van der Waals surface area contributed by atoms with E-state index < -0.39 is 0 Å². The molecule has 3 heteroatoms. The molecule has 0 N–H and O–H groups in total. The molecule has 0 fully saturated rings. The van der Waals surface area contributed by atoms with Crippen LogP contribution in [0, 0.1) is 0 Å². The van der Waals surface area contributed by atoms with Crippen molar-refractivity contribution in [2.45, 2.75) is 26.0 Å². The summed E-state index contributed by atoms with van der Waals surface area (Å²) in [7, 11) is 0. The highest BCUT2D eigenvalue weighted by Crippen LogP contribution is 2.26. The largest absolute Gasteiger partial charge is 0.470 e. The van der Waals surface area contributed by atoms with Gasteiger partial charge >= 0.3 is 0 Å². The first kappa shape index (κ1) is 5.77. The molecule has 0 bridgehead atoms. The fourth-order valence-electron chi connectivity index (χ4n) is 1.20. The van der Waals surface area contributed by atoms with Gasteiger partial charge in [-0.05, 0) is 13.8 Å². The third kappa shape index (κ3) is 0.701. The van der Waals surface area contributed by atoms with Crippen LogP contribution in [0.25, 0.3) is 0 Å². The number of hydrogen-bond acceptors (Lipinski definition) is 2. The van der Waals surface area contributed by atoms with E-state index in [1.54, 1.807) is 6.20 Å². The van der Waals surface area contributed by atoms with Gasteiger partial charge in [-0.15, -0.1) is 0 Å². The van der Waals surface area contributed by atoms with Gasteiger partial charge < -0.3 is 4.74 Å². The van der Waals surface area contributed by atoms with Crippen molar-refractivity contribution >= 4 is 0 Å². The van der Waals surface area contributed by atoms with Gasteiger partial charge in [0.1, 0.15) is 5.60 Å². The maximum atomic E-state index is 5.53. The lowest BCUT2D eigenvalue weighted by Gasteiger charge is -2.14. The van der Waals surface area contributed by atoms with Crippen molar-refractivity contribution in [3.63, 3.8) is 0 Å². The van der Waals surface area contributed by atoms with Crippen LogP contribution >= 0.6 is 0 Å². The normalized spacial score (nSPS) is 20.2. The number of ether oxygens (including phenoxy) is 1. The molecule has 0 atom stereocenters. The van der Waals surface area contributed by atoms with E-state index in [1.165, 1.54) is 0 Å². The van der Waals surface area contributed by atoms with E-state index in [2.05, 4.69) is 18.9 Å². The molecule has 0 saturated heterocycles. The minimum atomic E-state index is -0.0659. The summed E-state index contributed by atoms with van der Waals surface area (Å²) < 4.78 is 7.41. The average Bonchev–Trinajstić information content (AvgIpc) is 2.20. The van der Waals surface area contributed by atoms with E-state index in [9.17, 15) is 0 Å². The van der Waals surface area contributed by atoms with Crippen molar-refractivity contribution in [2.75, 3.05) is 0 Å². The molecule has 1 aromatic rings. The smallest absolute Gasteiger partial charge is 0.212 e. The van der Waals surface area contributed by atoms with E-state index in [1.807, 2.05) is 10.7 Å². The van der Waals surface area contributed by atoms with Gasteiger partial charge in [0, 0.05) is 6.07 Å².